The number of carboxylic acid groups (broad SMARTS) is 1. The lowest BCUT2D eigenvalue weighted by atomic mass is 9.82. The van der Waals surface area contributed by atoms with Crippen molar-refractivity contribution in [3.63, 3.8) is 0 Å². The van der Waals surface area contributed by atoms with Gasteiger partial charge in [0.2, 0.25) is 5.91 Å². The molecule has 2 aliphatic rings. The monoisotopic (exact) mass is 301 g/mol. The van der Waals surface area contributed by atoms with Crippen LogP contribution in [0.5, 0.6) is 0 Å². The molecule has 0 saturated carbocycles. The number of ether oxygens (including phenoxy) is 1. The fourth-order valence-corrected chi connectivity index (χ4v) is 3.09. The first kappa shape index (κ1) is 14.8. The van der Waals surface area contributed by atoms with Crippen LogP contribution in [0.25, 0.3) is 0 Å². The number of aliphatic carboxylic acids is 1. The summed E-state index contributed by atoms with van der Waals surface area (Å²) in [6.45, 7) is 4.20. The Bertz CT molecular complexity index is 620. The number of hydrogen-bond donors (Lipinski definition) is 2. The number of nitrogens with one attached hydrogen (secondary N) is 1. The van der Waals surface area contributed by atoms with E-state index in [1.807, 2.05) is 24.3 Å². The van der Waals surface area contributed by atoms with Crippen LogP contribution in [0, 0.1) is 11.8 Å². The predicted octanol–water partition coefficient (Wildman–Crippen LogP) is 2.40. The number of carbonyl (C=O) groups is 2. The molecule has 1 aromatic carbocycles. The lowest BCUT2D eigenvalue weighted by Crippen LogP contribution is -2.39. The first-order chi connectivity index (χ1) is 10.5. The van der Waals surface area contributed by atoms with E-state index in [1.54, 1.807) is 12.2 Å². The van der Waals surface area contributed by atoms with E-state index in [2.05, 4.69) is 19.2 Å². The van der Waals surface area contributed by atoms with Gasteiger partial charge in [0.1, 0.15) is 5.92 Å². The van der Waals surface area contributed by atoms with Crippen molar-refractivity contribution in [1.82, 2.24) is 0 Å². The highest BCUT2D eigenvalue weighted by Crippen LogP contribution is 2.39. The molecule has 3 rings (SSSR count). The van der Waals surface area contributed by atoms with Crippen molar-refractivity contribution >= 4 is 17.6 Å². The Balaban J connectivity index is 1.74. The van der Waals surface area contributed by atoms with Gasteiger partial charge in [-0.25, -0.2) is 0 Å². The van der Waals surface area contributed by atoms with Crippen molar-refractivity contribution in [2.45, 2.75) is 32.0 Å². The van der Waals surface area contributed by atoms with Crippen LogP contribution in [0.15, 0.2) is 36.4 Å². The van der Waals surface area contributed by atoms with Crippen LogP contribution in [0.3, 0.4) is 0 Å². The van der Waals surface area contributed by atoms with E-state index in [-0.39, 0.29) is 5.91 Å². The van der Waals surface area contributed by atoms with Crippen molar-refractivity contribution < 1.29 is 19.4 Å². The number of hydrogen-bond acceptors (Lipinski definition) is 3. The smallest absolute Gasteiger partial charge is 0.310 e. The van der Waals surface area contributed by atoms with Gasteiger partial charge in [0.25, 0.3) is 0 Å². The normalized spacial score (nSPS) is 29.0. The molecule has 0 unspecified atom stereocenters. The van der Waals surface area contributed by atoms with E-state index in [0.717, 1.165) is 0 Å². The standard InChI is InChI=1S/C17H19NO4/c1-9(2)10-3-5-11(6-4-10)18-16(19)14-12-7-8-13(22-12)15(14)17(20)21/h3-9,12-15H,1-2H3,(H,18,19)(H,20,21)/t12-,13+,14-,15-/m0/s1. The Morgan fingerprint density at radius 3 is 2.23 bits per heavy atom. The molecule has 0 spiro atoms. The molecule has 0 aliphatic carbocycles. The minimum Gasteiger partial charge on any atom is -0.481 e. The van der Waals surface area contributed by atoms with Gasteiger partial charge in [0.05, 0.1) is 18.1 Å². The first-order valence-corrected chi connectivity index (χ1v) is 7.45. The van der Waals surface area contributed by atoms with Gasteiger partial charge in [0.15, 0.2) is 0 Å². The zero-order chi connectivity index (χ0) is 15.9. The van der Waals surface area contributed by atoms with Gasteiger partial charge in [0, 0.05) is 5.69 Å². The Hall–Kier alpha value is -2.14. The Kier molecular flexibility index (Phi) is 3.74. The zero-order valence-corrected chi connectivity index (χ0v) is 12.5. The molecule has 1 saturated heterocycles. The lowest BCUT2D eigenvalue weighted by Gasteiger charge is -2.21. The molecule has 1 fully saturated rings. The van der Waals surface area contributed by atoms with Crippen LogP contribution in [-0.2, 0) is 14.3 Å². The predicted molar refractivity (Wildman–Crippen MR) is 81.6 cm³/mol. The molecule has 22 heavy (non-hydrogen) atoms. The molecule has 4 atom stereocenters. The van der Waals surface area contributed by atoms with E-state index in [4.69, 9.17) is 4.74 Å². The molecular formula is C17H19NO4. The summed E-state index contributed by atoms with van der Waals surface area (Å²) in [7, 11) is 0. The largest absolute Gasteiger partial charge is 0.481 e. The molecule has 1 amide bonds. The summed E-state index contributed by atoms with van der Waals surface area (Å²) in [6, 6.07) is 7.61. The maximum atomic E-state index is 12.4. The topological polar surface area (TPSA) is 75.6 Å². The van der Waals surface area contributed by atoms with Gasteiger partial charge in [-0.2, -0.15) is 0 Å². The highest BCUT2D eigenvalue weighted by Gasteiger charge is 2.53. The van der Waals surface area contributed by atoms with Crippen LogP contribution in [0.1, 0.15) is 25.3 Å². The van der Waals surface area contributed by atoms with Gasteiger partial charge >= 0.3 is 5.97 Å². The first-order valence-electron chi connectivity index (χ1n) is 7.45. The summed E-state index contributed by atoms with van der Waals surface area (Å²) in [5.41, 5.74) is 1.86. The van der Waals surface area contributed by atoms with Gasteiger partial charge < -0.3 is 15.2 Å². The Labute approximate surface area is 129 Å². The molecule has 5 heteroatoms. The highest BCUT2D eigenvalue weighted by atomic mass is 16.5. The lowest BCUT2D eigenvalue weighted by molar-refractivity contribution is -0.145. The summed E-state index contributed by atoms with van der Waals surface area (Å²) in [5, 5.41) is 12.1. The second-order valence-corrected chi connectivity index (χ2v) is 6.11. The number of carboxylic acids is 1. The molecule has 5 nitrogen and oxygen atoms in total. The molecule has 2 N–H and O–H groups in total. The van der Waals surface area contributed by atoms with Crippen LogP contribution >= 0.6 is 0 Å². The highest BCUT2D eigenvalue weighted by molar-refractivity contribution is 5.96. The molecular weight excluding hydrogens is 282 g/mol. The van der Waals surface area contributed by atoms with E-state index < -0.39 is 30.0 Å². The number of benzene rings is 1. The van der Waals surface area contributed by atoms with E-state index in [9.17, 15) is 14.7 Å². The van der Waals surface area contributed by atoms with Gasteiger partial charge in [-0.3, -0.25) is 9.59 Å². The summed E-state index contributed by atoms with van der Waals surface area (Å²) in [4.78, 5) is 23.8. The van der Waals surface area contributed by atoms with Crippen LogP contribution in [0.2, 0.25) is 0 Å². The average molecular weight is 301 g/mol. The SMILES string of the molecule is CC(C)c1ccc(NC(=O)[C@@H]2[C@@H](C(=O)O)[C@H]3C=C[C@@H]2O3)cc1. The average Bonchev–Trinajstić information content (AvgIpc) is 3.08. The summed E-state index contributed by atoms with van der Waals surface area (Å²) < 4.78 is 5.52. The summed E-state index contributed by atoms with van der Waals surface area (Å²) in [5.74, 6) is -2.37. The molecule has 2 aliphatic heterocycles. The molecule has 2 heterocycles. The van der Waals surface area contributed by atoms with Gasteiger partial charge in [-0.1, -0.05) is 38.1 Å². The molecule has 0 aromatic heterocycles. The van der Waals surface area contributed by atoms with E-state index >= 15 is 0 Å². The maximum Gasteiger partial charge on any atom is 0.310 e. The summed E-state index contributed by atoms with van der Waals surface area (Å²) in [6.07, 6.45) is 2.56. The Morgan fingerprint density at radius 1 is 1.09 bits per heavy atom. The van der Waals surface area contributed by atoms with E-state index in [1.165, 1.54) is 5.56 Å². The third kappa shape index (κ3) is 2.52. The number of rotatable bonds is 4. The Morgan fingerprint density at radius 2 is 1.68 bits per heavy atom. The number of anilines is 1. The minimum absolute atomic E-state index is 0.304. The van der Waals surface area contributed by atoms with Crippen molar-refractivity contribution in [3.8, 4) is 0 Å². The fraction of sp³-hybridized carbons (Fsp3) is 0.412. The van der Waals surface area contributed by atoms with Crippen LogP contribution < -0.4 is 5.32 Å². The number of carbonyl (C=O) groups excluding carboxylic acids is 1. The van der Waals surface area contributed by atoms with Crippen molar-refractivity contribution in [3.05, 3.63) is 42.0 Å². The molecule has 1 aromatic rings. The number of amides is 1. The maximum absolute atomic E-state index is 12.4. The fourth-order valence-electron chi connectivity index (χ4n) is 3.09. The molecule has 116 valence electrons. The number of fused-ring (bicyclic) bond motifs is 2. The second-order valence-electron chi connectivity index (χ2n) is 6.11. The minimum atomic E-state index is -0.993. The third-order valence-electron chi connectivity index (χ3n) is 4.33. The van der Waals surface area contributed by atoms with Crippen molar-refractivity contribution in [1.29, 1.82) is 0 Å². The van der Waals surface area contributed by atoms with E-state index in [0.29, 0.717) is 11.6 Å². The second kappa shape index (κ2) is 5.57. The zero-order valence-electron chi connectivity index (χ0n) is 12.5. The van der Waals surface area contributed by atoms with Crippen LogP contribution in [0.4, 0.5) is 5.69 Å². The molecule has 2 bridgehead atoms. The molecule has 0 radical (unpaired) electrons. The van der Waals surface area contributed by atoms with Gasteiger partial charge in [-0.15, -0.1) is 0 Å². The van der Waals surface area contributed by atoms with Gasteiger partial charge in [-0.05, 0) is 23.6 Å². The third-order valence-corrected chi connectivity index (χ3v) is 4.33. The summed E-state index contributed by atoms with van der Waals surface area (Å²) >= 11 is 0. The van der Waals surface area contributed by atoms with Crippen LogP contribution in [-0.4, -0.2) is 29.2 Å². The van der Waals surface area contributed by atoms with Crippen molar-refractivity contribution in [2.75, 3.05) is 5.32 Å². The van der Waals surface area contributed by atoms with Crippen molar-refractivity contribution in [2.24, 2.45) is 11.8 Å². The quantitative estimate of drug-likeness (QED) is 0.837.